The summed E-state index contributed by atoms with van der Waals surface area (Å²) in [6, 6.07) is 4.37. The molecule has 5 heteroatoms. The zero-order valence-electron chi connectivity index (χ0n) is 7.24. The second-order valence-corrected chi connectivity index (χ2v) is 3.04. The first-order chi connectivity index (χ1) is 6.24. The van der Waals surface area contributed by atoms with Gasteiger partial charge in [-0.25, -0.2) is 9.28 Å². The molecule has 13 heavy (non-hydrogen) atoms. The Balaban J connectivity index is 2.56. The molecule has 0 atom stereocenters. The summed E-state index contributed by atoms with van der Waals surface area (Å²) in [6.07, 6.45) is 0. The van der Waals surface area contributed by atoms with Gasteiger partial charge in [0.25, 0.3) is 0 Å². The van der Waals surface area contributed by atoms with E-state index in [1.165, 1.54) is 19.2 Å². The number of benzene rings is 1. The molecule has 0 heterocycles. The van der Waals surface area contributed by atoms with E-state index >= 15 is 0 Å². The number of halogens is 1. The Hall–Kier alpha value is -0.620. The fraction of sp³-hybridized carbons (Fsp3) is 0.250. The molecule has 0 saturated heterocycles. The van der Waals surface area contributed by atoms with Crippen LogP contribution in [0.5, 0.6) is 0 Å². The van der Waals surface area contributed by atoms with Crippen molar-refractivity contribution in [2.45, 2.75) is 11.8 Å². The van der Waals surface area contributed by atoms with Crippen molar-refractivity contribution in [3.63, 3.8) is 0 Å². The summed E-state index contributed by atoms with van der Waals surface area (Å²) >= 11 is 0.966. The average molecular weight is 204 g/mol. The van der Waals surface area contributed by atoms with Gasteiger partial charge in [-0.15, -0.1) is 4.33 Å². The van der Waals surface area contributed by atoms with E-state index in [2.05, 4.69) is 14.3 Å². The Morgan fingerprint density at radius 3 is 2.77 bits per heavy atom. The van der Waals surface area contributed by atoms with E-state index in [0.717, 1.165) is 22.5 Å². The Kier molecular flexibility index (Phi) is 4.17. The summed E-state index contributed by atoms with van der Waals surface area (Å²) < 4.78 is 17.2. The van der Waals surface area contributed by atoms with Crippen molar-refractivity contribution in [3.05, 3.63) is 29.6 Å². The van der Waals surface area contributed by atoms with E-state index in [0.29, 0.717) is 0 Å². The largest absolute Gasteiger partial charge is 0.209 e. The monoisotopic (exact) mass is 204 g/mol. The van der Waals surface area contributed by atoms with Gasteiger partial charge in [-0.3, -0.25) is 0 Å². The van der Waals surface area contributed by atoms with Gasteiger partial charge in [0.05, 0.1) is 19.2 Å². The highest BCUT2D eigenvalue weighted by molar-refractivity contribution is 7.94. The first kappa shape index (κ1) is 10.5. The molecule has 0 fully saturated rings. The second-order valence-electron chi connectivity index (χ2n) is 2.30. The smallest absolute Gasteiger partial charge is 0.123 e. The molecule has 0 aliphatic heterocycles. The lowest BCUT2D eigenvalue weighted by Gasteiger charge is -2.02. The van der Waals surface area contributed by atoms with Crippen molar-refractivity contribution in [1.82, 2.24) is 0 Å². The molecule has 0 aliphatic rings. The maximum atomic E-state index is 12.6. The van der Waals surface area contributed by atoms with Crippen LogP contribution in [0, 0.1) is 12.7 Å². The quantitative estimate of drug-likeness (QED) is 0.326. The molecule has 0 aromatic heterocycles. The van der Waals surface area contributed by atoms with Crippen LogP contribution in [0.4, 0.5) is 4.39 Å². The highest BCUT2D eigenvalue weighted by atomic mass is 32.2. The van der Waals surface area contributed by atoms with Gasteiger partial charge >= 0.3 is 0 Å². The lowest BCUT2D eigenvalue weighted by molar-refractivity contribution is -0.447. The SMILES string of the molecule is COOOSc1ccc(F)cc1C. The molecule has 0 amide bonds. The van der Waals surface area contributed by atoms with Gasteiger partial charge in [-0.05, 0) is 30.7 Å². The maximum absolute atomic E-state index is 12.6. The molecule has 1 aromatic rings. The molecule has 1 rings (SSSR count). The van der Waals surface area contributed by atoms with Crippen LogP contribution in [-0.4, -0.2) is 7.11 Å². The van der Waals surface area contributed by atoms with Crippen molar-refractivity contribution < 1.29 is 18.7 Å². The van der Waals surface area contributed by atoms with Crippen LogP contribution in [0.2, 0.25) is 0 Å². The lowest BCUT2D eigenvalue weighted by atomic mass is 10.2. The van der Waals surface area contributed by atoms with Crippen LogP contribution >= 0.6 is 12.0 Å². The van der Waals surface area contributed by atoms with Gasteiger partial charge in [0.15, 0.2) is 0 Å². The van der Waals surface area contributed by atoms with Gasteiger partial charge in [-0.2, -0.15) is 0 Å². The summed E-state index contributed by atoms with van der Waals surface area (Å²) in [5.74, 6) is -0.269. The molecule has 0 spiro atoms. The van der Waals surface area contributed by atoms with Crippen molar-refractivity contribution in [3.8, 4) is 0 Å². The van der Waals surface area contributed by atoms with Crippen LogP contribution in [0.25, 0.3) is 0 Å². The molecule has 0 N–H and O–H groups in total. The fourth-order valence-electron chi connectivity index (χ4n) is 0.785. The van der Waals surface area contributed by atoms with Gasteiger partial charge in [0.2, 0.25) is 0 Å². The zero-order valence-corrected chi connectivity index (χ0v) is 8.06. The van der Waals surface area contributed by atoms with Crippen LogP contribution < -0.4 is 0 Å². The second kappa shape index (κ2) is 5.18. The summed E-state index contributed by atoms with van der Waals surface area (Å²) in [6.45, 7) is 1.78. The Morgan fingerprint density at radius 2 is 2.15 bits per heavy atom. The molecule has 0 unspecified atom stereocenters. The third kappa shape index (κ3) is 3.31. The van der Waals surface area contributed by atoms with Gasteiger partial charge in [0, 0.05) is 4.90 Å². The number of hydrogen-bond acceptors (Lipinski definition) is 4. The minimum atomic E-state index is -0.269. The first-order valence-corrected chi connectivity index (χ1v) is 4.28. The van der Waals surface area contributed by atoms with Crippen molar-refractivity contribution in [2.24, 2.45) is 0 Å². The molecular weight excluding hydrogens is 195 g/mol. The number of aryl methyl sites for hydroxylation is 1. The van der Waals surface area contributed by atoms with E-state index in [1.807, 2.05) is 0 Å². The molecule has 72 valence electrons. The highest BCUT2D eigenvalue weighted by Crippen LogP contribution is 2.23. The molecule has 0 bridgehead atoms. The van der Waals surface area contributed by atoms with Crippen molar-refractivity contribution in [1.29, 1.82) is 0 Å². The third-order valence-electron chi connectivity index (χ3n) is 1.36. The van der Waals surface area contributed by atoms with Gasteiger partial charge in [-0.1, -0.05) is 5.04 Å². The summed E-state index contributed by atoms with van der Waals surface area (Å²) in [5.41, 5.74) is 0.782. The fourth-order valence-corrected chi connectivity index (χ4v) is 1.26. The number of rotatable bonds is 4. The Bertz CT molecular complexity index is 280. The standard InChI is InChI=1S/C8H9FO3S/c1-6-5-7(9)3-4-8(6)13-12-11-10-2/h3-5H,1-2H3. The summed E-state index contributed by atoms with van der Waals surface area (Å²) in [4.78, 5) is 4.99. The lowest BCUT2D eigenvalue weighted by Crippen LogP contribution is -1.86. The Labute approximate surface area is 79.9 Å². The minimum absolute atomic E-state index is 0.269. The molecule has 1 aromatic carbocycles. The van der Waals surface area contributed by atoms with Crippen molar-refractivity contribution >= 4 is 12.0 Å². The summed E-state index contributed by atoms with van der Waals surface area (Å²) in [7, 11) is 1.33. The third-order valence-corrected chi connectivity index (χ3v) is 2.12. The van der Waals surface area contributed by atoms with E-state index in [4.69, 9.17) is 0 Å². The van der Waals surface area contributed by atoms with E-state index in [1.54, 1.807) is 13.0 Å². The van der Waals surface area contributed by atoms with E-state index < -0.39 is 0 Å². The highest BCUT2D eigenvalue weighted by Gasteiger charge is 2.01. The average Bonchev–Trinajstić information content (AvgIpc) is 2.09. The predicted molar refractivity (Wildman–Crippen MR) is 46.2 cm³/mol. The Morgan fingerprint density at radius 1 is 1.38 bits per heavy atom. The molecule has 3 nitrogen and oxygen atoms in total. The topological polar surface area (TPSA) is 27.7 Å². The predicted octanol–water partition coefficient (Wildman–Crippen LogP) is 2.65. The first-order valence-electron chi connectivity index (χ1n) is 3.54. The van der Waals surface area contributed by atoms with E-state index in [-0.39, 0.29) is 5.82 Å². The molecular formula is C8H9FO3S. The molecule has 0 aliphatic carbocycles. The summed E-state index contributed by atoms with van der Waals surface area (Å²) in [5, 5.41) is 4.19. The van der Waals surface area contributed by atoms with Crippen molar-refractivity contribution in [2.75, 3.05) is 7.11 Å². The zero-order chi connectivity index (χ0) is 9.68. The van der Waals surface area contributed by atoms with Crippen LogP contribution in [0.1, 0.15) is 5.56 Å². The van der Waals surface area contributed by atoms with Crippen LogP contribution in [0.15, 0.2) is 23.1 Å². The van der Waals surface area contributed by atoms with Crippen LogP contribution in [-0.2, 0) is 14.3 Å². The number of hydrogen-bond donors (Lipinski definition) is 0. The van der Waals surface area contributed by atoms with Crippen LogP contribution in [0.3, 0.4) is 0 Å². The molecule has 0 radical (unpaired) electrons. The minimum Gasteiger partial charge on any atom is -0.209 e. The molecule has 0 saturated carbocycles. The maximum Gasteiger partial charge on any atom is 0.123 e. The van der Waals surface area contributed by atoms with Gasteiger partial charge in [0.1, 0.15) is 5.82 Å². The normalized spacial score (nSPS) is 10.4. The van der Waals surface area contributed by atoms with Gasteiger partial charge < -0.3 is 0 Å². The van der Waals surface area contributed by atoms with E-state index in [9.17, 15) is 4.39 Å².